The molecule has 0 spiro atoms. The second-order valence-corrected chi connectivity index (χ2v) is 18.0. The Balaban J connectivity index is 1.17. The normalized spacial score (nSPS) is 12.1. The monoisotopic (exact) mass is 842 g/mol. The molecule has 0 bridgehead atoms. The maximum atomic E-state index is 2.44. The number of benzene rings is 9. The second kappa shape index (κ2) is 18.7. The minimum Gasteiger partial charge on any atom is -0.311 e. The third kappa shape index (κ3) is 9.31. The molecule has 0 saturated carbocycles. The molecule has 0 N–H and O–H groups in total. The van der Waals surface area contributed by atoms with Crippen molar-refractivity contribution in [2.45, 2.75) is 60.3 Å². The highest BCUT2D eigenvalue weighted by Crippen LogP contribution is 2.43. The lowest BCUT2D eigenvalue weighted by Gasteiger charge is -2.28. The van der Waals surface area contributed by atoms with Crippen LogP contribution in [0.2, 0.25) is 0 Å². The molecular weight excluding hydrogens is 785 g/mol. The van der Waals surface area contributed by atoms with Crippen LogP contribution >= 0.6 is 0 Å². The highest BCUT2D eigenvalue weighted by Gasteiger charge is 2.25. The van der Waals surface area contributed by atoms with Crippen LogP contribution in [0, 0.1) is 48.5 Å². The Labute approximate surface area is 387 Å². The summed E-state index contributed by atoms with van der Waals surface area (Å²) in [6.07, 6.45) is 0. The first-order valence-corrected chi connectivity index (χ1v) is 22.9. The van der Waals surface area contributed by atoms with Crippen LogP contribution in [0.4, 0.5) is 34.1 Å². The fourth-order valence-corrected chi connectivity index (χ4v) is 9.94. The van der Waals surface area contributed by atoms with Crippen molar-refractivity contribution < 1.29 is 0 Å². The van der Waals surface area contributed by atoms with Gasteiger partial charge in [-0.1, -0.05) is 145 Å². The highest BCUT2D eigenvalue weighted by molar-refractivity contribution is 5.79. The van der Waals surface area contributed by atoms with Crippen molar-refractivity contribution >= 4 is 34.1 Å². The molecule has 2 unspecified atom stereocenters. The van der Waals surface area contributed by atoms with E-state index in [4.69, 9.17) is 0 Å². The van der Waals surface area contributed by atoms with E-state index in [0.29, 0.717) is 0 Å². The minimum absolute atomic E-state index is 0.0140. The number of hydrogen-bond donors (Lipinski definition) is 0. The van der Waals surface area contributed by atoms with Crippen LogP contribution in [0.3, 0.4) is 0 Å². The van der Waals surface area contributed by atoms with Crippen LogP contribution < -0.4 is 9.80 Å². The molecule has 2 nitrogen and oxygen atoms in total. The van der Waals surface area contributed by atoms with Gasteiger partial charge in [-0.15, -0.1) is 0 Å². The zero-order valence-corrected chi connectivity index (χ0v) is 38.8. The van der Waals surface area contributed by atoms with E-state index in [1.54, 1.807) is 0 Å². The summed E-state index contributed by atoms with van der Waals surface area (Å²) in [4.78, 5) is 4.74. The van der Waals surface area contributed by atoms with Crippen molar-refractivity contribution in [3.05, 3.63) is 285 Å². The molecule has 0 aromatic heterocycles. The largest absolute Gasteiger partial charge is 0.311 e. The van der Waals surface area contributed by atoms with Gasteiger partial charge in [0.2, 0.25) is 0 Å². The molecule has 2 heteroatoms. The van der Waals surface area contributed by atoms with Crippen LogP contribution in [0.5, 0.6) is 0 Å². The Hall–Kier alpha value is -7.42. The molecule has 0 heterocycles. The fraction of sp³-hybridized carbons (Fsp3) is 0.143. The van der Waals surface area contributed by atoms with E-state index >= 15 is 0 Å². The molecule has 65 heavy (non-hydrogen) atoms. The van der Waals surface area contributed by atoms with Crippen LogP contribution in [0.15, 0.2) is 212 Å². The lowest BCUT2D eigenvalue weighted by Crippen LogP contribution is -2.12. The molecule has 0 aliphatic heterocycles. The molecule has 9 aromatic rings. The van der Waals surface area contributed by atoms with Crippen molar-refractivity contribution in [2.24, 2.45) is 0 Å². The van der Waals surface area contributed by atoms with Crippen LogP contribution in [-0.2, 0) is 0 Å². The first kappa shape index (κ1) is 42.9. The molecule has 0 aliphatic rings. The second-order valence-electron chi connectivity index (χ2n) is 18.0. The lowest BCUT2D eigenvalue weighted by atomic mass is 9.78. The molecular formula is C63H58N2. The summed E-state index contributed by atoms with van der Waals surface area (Å²) in [5.74, 6) is 0.103. The van der Waals surface area contributed by atoms with E-state index < -0.39 is 0 Å². The summed E-state index contributed by atoms with van der Waals surface area (Å²) in [5.41, 5.74) is 23.4. The van der Waals surface area contributed by atoms with Gasteiger partial charge in [0.25, 0.3) is 0 Å². The van der Waals surface area contributed by atoms with Crippen LogP contribution in [0.1, 0.15) is 84.2 Å². The van der Waals surface area contributed by atoms with Crippen LogP contribution in [-0.4, -0.2) is 0 Å². The molecule has 0 aliphatic carbocycles. The summed E-state index contributed by atoms with van der Waals surface area (Å²) in [6, 6.07) is 78.6. The predicted molar refractivity (Wildman–Crippen MR) is 277 cm³/mol. The Morgan fingerprint density at radius 2 is 0.600 bits per heavy atom. The number of hydrogen-bond acceptors (Lipinski definition) is 2. The first-order chi connectivity index (χ1) is 31.6. The molecule has 9 aromatic carbocycles. The zero-order valence-electron chi connectivity index (χ0n) is 38.8. The predicted octanol–water partition coefficient (Wildman–Crippen LogP) is 17.1. The number of nitrogens with zero attached hydrogens (tertiary/aromatic N) is 2. The molecule has 9 rings (SSSR count). The first-order valence-electron chi connectivity index (χ1n) is 22.9. The van der Waals surface area contributed by atoms with Crippen molar-refractivity contribution in [3.63, 3.8) is 0 Å². The summed E-state index contributed by atoms with van der Waals surface area (Å²) in [7, 11) is 0. The van der Waals surface area contributed by atoms with Crippen molar-refractivity contribution in [1.82, 2.24) is 0 Å². The van der Waals surface area contributed by atoms with Crippen molar-refractivity contribution in [2.75, 3.05) is 9.80 Å². The number of para-hydroxylation sites is 2. The molecule has 2 atom stereocenters. The van der Waals surface area contributed by atoms with E-state index in [9.17, 15) is 0 Å². The molecule has 320 valence electrons. The highest BCUT2D eigenvalue weighted by atomic mass is 15.1. The Kier molecular flexibility index (Phi) is 12.4. The van der Waals surface area contributed by atoms with Gasteiger partial charge in [0.15, 0.2) is 0 Å². The average Bonchev–Trinajstić information content (AvgIpc) is 3.30. The van der Waals surface area contributed by atoms with Crippen molar-refractivity contribution in [1.29, 1.82) is 0 Å². The maximum Gasteiger partial charge on any atom is 0.0466 e. The lowest BCUT2D eigenvalue weighted by molar-refractivity contribution is 0.929. The fourth-order valence-electron chi connectivity index (χ4n) is 9.94. The third-order valence-electron chi connectivity index (χ3n) is 12.7. The van der Waals surface area contributed by atoms with E-state index in [0.717, 1.165) is 34.1 Å². The van der Waals surface area contributed by atoms with E-state index in [2.05, 4.69) is 271 Å². The Morgan fingerprint density at radius 3 is 1.03 bits per heavy atom. The Bertz CT molecular complexity index is 2910. The summed E-state index contributed by atoms with van der Waals surface area (Å²) < 4.78 is 0. The molecule has 0 amide bonds. The van der Waals surface area contributed by atoms with Gasteiger partial charge >= 0.3 is 0 Å². The van der Waals surface area contributed by atoms with E-state index in [1.165, 1.54) is 72.3 Å². The number of aryl methyl sites for hydroxylation is 7. The molecule has 0 fully saturated rings. The average molecular weight is 843 g/mol. The topological polar surface area (TPSA) is 6.48 Å². The number of anilines is 6. The van der Waals surface area contributed by atoms with Gasteiger partial charge in [-0.25, -0.2) is 0 Å². The number of rotatable bonds is 12. The van der Waals surface area contributed by atoms with Gasteiger partial charge in [0, 0.05) is 46.0 Å². The van der Waals surface area contributed by atoms with Crippen molar-refractivity contribution in [3.8, 4) is 0 Å². The maximum absolute atomic E-state index is 2.44. The smallest absolute Gasteiger partial charge is 0.0466 e. The van der Waals surface area contributed by atoms with Gasteiger partial charge in [0.05, 0.1) is 0 Å². The molecule has 0 saturated heterocycles. The van der Waals surface area contributed by atoms with Crippen LogP contribution in [0.25, 0.3) is 0 Å². The summed E-state index contributed by atoms with van der Waals surface area (Å²) in [6.45, 7) is 15.5. The minimum atomic E-state index is -0.0140. The Morgan fingerprint density at radius 1 is 0.246 bits per heavy atom. The van der Waals surface area contributed by atoms with Gasteiger partial charge in [-0.05, 0) is 188 Å². The van der Waals surface area contributed by atoms with Gasteiger partial charge < -0.3 is 9.80 Å². The van der Waals surface area contributed by atoms with Gasteiger partial charge in [-0.3, -0.25) is 0 Å². The quantitative estimate of drug-likeness (QED) is 0.113. The van der Waals surface area contributed by atoms with E-state index in [-0.39, 0.29) is 11.8 Å². The third-order valence-corrected chi connectivity index (χ3v) is 12.7. The van der Waals surface area contributed by atoms with E-state index in [1.807, 2.05) is 0 Å². The zero-order chi connectivity index (χ0) is 45.0. The SMILES string of the molecule is Cc1cc(C)cc(N(c2ccc(C(c3ccc(N(c4ccccc4)c4ccccc4)cc3)c3ccc(C(c4ccccc4)c4ccc(C)cc4C)c(C)c3)cc2)c2cc(C)cc(C)c2)c1. The van der Waals surface area contributed by atoms with Gasteiger partial charge in [0.1, 0.15) is 0 Å². The van der Waals surface area contributed by atoms with Gasteiger partial charge in [-0.2, -0.15) is 0 Å². The summed E-state index contributed by atoms with van der Waals surface area (Å²) >= 11 is 0. The summed E-state index contributed by atoms with van der Waals surface area (Å²) in [5, 5.41) is 0. The molecule has 0 radical (unpaired) electrons. The standard InChI is InChI=1S/C63H58N2/c1-43-23-33-60(48(6)37-43)63(50-17-11-8-12-18-50)61-34-28-53(42-49(61)7)62(51-24-29-56(30-25-51)64(54-19-13-9-14-20-54)55-21-15-10-16-22-55)52-26-31-57(32-27-52)65(58-38-44(2)35-45(3)39-58)59-40-46(4)36-47(5)41-59/h8-42,62-63H,1-7H3.